The maximum absolute atomic E-state index is 12.3. The molecule has 0 radical (unpaired) electrons. The summed E-state index contributed by atoms with van der Waals surface area (Å²) in [6.07, 6.45) is 5.24. The van der Waals surface area contributed by atoms with E-state index in [0.717, 1.165) is 38.2 Å². The van der Waals surface area contributed by atoms with Crippen molar-refractivity contribution in [2.24, 2.45) is 5.92 Å². The lowest BCUT2D eigenvalue weighted by Crippen LogP contribution is -2.60. The molecule has 0 spiro atoms. The number of aryl methyl sites for hydroxylation is 1. The molecule has 1 aromatic heterocycles. The fourth-order valence-electron chi connectivity index (χ4n) is 4.06. The number of hydrogen-bond donors (Lipinski definition) is 0. The minimum atomic E-state index is -0.190. The molecule has 0 saturated carbocycles. The molecule has 2 aliphatic heterocycles. The number of amides is 2. The standard InChI is InChI=1S/C17H23N5O2/c1-20(2)17(24)11-6-15(23)22(7-11)12-8-21(9-12)16-13-4-3-5-14(13)18-10-19-16/h10-12H,3-9H2,1-2H3. The van der Waals surface area contributed by atoms with Gasteiger partial charge in [-0.05, 0) is 19.3 Å². The zero-order chi connectivity index (χ0) is 16.8. The molecule has 2 amide bonds. The molecule has 7 nitrogen and oxygen atoms in total. The van der Waals surface area contributed by atoms with Crippen LogP contribution in [-0.2, 0) is 22.4 Å². The summed E-state index contributed by atoms with van der Waals surface area (Å²) in [6, 6.07) is 0.199. The van der Waals surface area contributed by atoms with Crippen LogP contribution in [0.4, 0.5) is 5.82 Å². The van der Waals surface area contributed by atoms with E-state index in [1.54, 1.807) is 25.3 Å². The molecule has 1 unspecified atom stereocenters. The Labute approximate surface area is 141 Å². The van der Waals surface area contributed by atoms with Crippen LogP contribution in [0.1, 0.15) is 24.1 Å². The maximum atomic E-state index is 12.3. The van der Waals surface area contributed by atoms with Crippen LogP contribution in [0.25, 0.3) is 0 Å². The Balaban J connectivity index is 1.41. The van der Waals surface area contributed by atoms with E-state index in [1.807, 2.05) is 4.90 Å². The van der Waals surface area contributed by atoms with Gasteiger partial charge in [-0.2, -0.15) is 0 Å². The first kappa shape index (κ1) is 15.4. The molecule has 0 aromatic carbocycles. The highest BCUT2D eigenvalue weighted by Gasteiger charge is 2.43. The summed E-state index contributed by atoms with van der Waals surface area (Å²) in [7, 11) is 3.49. The van der Waals surface area contributed by atoms with Crippen molar-refractivity contribution >= 4 is 17.6 Å². The van der Waals surface area contributed by atoms with Gasteiger partial charge in [0, 0.05) is 51.4 Å². The molecule has 4 rings (SSSR count). The molecule has 2 saturated heterocycles. The average Bonchev–Trinajstić information content (AvgIpc) is 3.12. The normalized spacial score (nSPS) is 23.4. The van der Waals surface area contributed by atoms with Gasteiger partial charge in [0.05, 0.1) is 12.0 Å². The highest BCUT2D eigenvalue weighted by molar-refractivity contribution is 5.89. The molecule has 1 atom stereocenters. The topological polar surface area (TPSA) is 69.6 Å². The summed E-state index contributed by atoms with van der Waals surface area (Å²) in [4.78, 5) is 38.9. The van der Waals surface area contributed by atoms with Crippen LogP contribution in [0.15, 0.2) is 6.33 Å². The SMILES string of the molecule is CN(C)C(=O)C1CC(=O)N(C2CN(c3ncnc4c3CCC4)C2)C1. The molecule has 3 aliphatic rings. The highest BCUT2D eigenvalue weighted by atomic mass is 16.2. The molecule has 0 N–H and O–H groups in total. The van der Waals surface area contributed by atoms with E-state index in [2.05, 4.69) is 14.9 Å². The van der Waals surface area contributed by atoms with Gasteiger partial charge in [0.2, 0.25) is 11.8 Å². The van der Waals surface area contributed by atoms with Crippen LogP contribution in [0.2, 0.25) is 0 Å². The van der Waals surface area contributed by atoms with Crippen LogP contribution in [0.3, 0.4) is 0 Å². The smallest absolute Gasteiger partial charge is 0.227 e. The molecule has 3 heterocycles. The van der Waals surface area contributed by atoms with Gasteiger partial charge in [0.15, 0.2) is 0 Å². The third-order valence-electron chi connectivity index (χ3n) is 5.40. The Kier molecular flexibility index (Phi) is 3.66. The van der Waals surface area contributed by atoms with E-state index in [4.69, 9.17) is 0 Å². The Morgan fingerprint density at radius 3 is 2.75 bits per heavy atom. The van der Waals surface area contributed by atoms with Gasteiger partial charge in [0.25, 0.3) is 0 Å². The van der Waals surface area contributed by atoms with Crippen molar-refractivity contribution in [3.63, 3.8) is 0 Å². The monoisotopic (exact) mass is 329 g/mol. The van der Waals surface area contributed by atoms with E-state index in [9.17, 15) is 9.59 Å². The quantitative estimate of drug-likeness (QED) is 0.786. The zero-order valence-electron chi connectivity index (χ0n) is 14.2. The second-order valence-electron chi connectivity index (χ2n) is 7.21. The summed E-state index contributed by atoms with van der Waals surface area (Å²) in [5.74, 6) is 1.01. The molecule has 1 aliphatic carbocycles. The second kappa shape index (κ2) is 5.72. The van der Waals surface area contributed by atoms with Crippen LogP contribution < -0.4 is 4.90 Å². The fourth-order valence-corrected chi connectivity index (χ4v) is 4.06. The number of rotatable bonds is 3. The predicted octanol–water partition coefficient (Wildman–Crippen LogP) is 0.0906. The maximum Gasteiger partial charge on any atom is 0.227 e. The van der Waals surface area contributed by atoms with Crippen molar-refractivity contribution in [2.45, 2.75) is 31.7 Å². The molecule has 0 bridgehead atoms. The number of likely N-dealkylation sites (tertiary alicyclic amines) is 1. The summed E-state index contributed by atoms with van der Waals surface area (Å²) in [5, 5.41) is 0. The Hall–Kier alpha value is -2.18. The Morgan fingerprint density at radius 1 is 1.21 bits per heavy atom. The number of aromatic nitrogens is 2. The minimum Gasteiger partial charge on any atom is -0.352 e. The van der Waals surface area contributed by atoms with Crippen molar-refractivity contribution in [2.75, 3.05) is 38.6 Å². The van der Waals surface area contributed by atoms with E-state index < -0.39 is 0 Å². The first-order valence-electron chi connectivity index (χ1n) is 8.63. The summed E-state index contributed by atoms with van der Waals surface area (Å²) in [5.41, 5.74) is 2.46. The Bertz CT molecular complexity index is 684. The third-order valence-corrected chi connectivity index (χ3v) is 5.40. The third kappa shape index (κ3) is 2.42. The van der Waals surface area contributed by atoms with Crippen LogP contribution >= 0.6 is 0 Å². The summed E-state index contributed by atoms with van der Waals surface area (Å²) in [6.45, 7) is 2.16. The second-order valence-corrected chi connectivity index (χ2v) is 7.21. The van der Waals surface area contributed by atoms with Gasteiger partial charge >= 0.3 is 0 Å². The molecule has 128 valence electrons. The lowest BCUT2D eigenvalue weighted by atomic mass is 10.1. The number of anilines is 1. The van der Waals surface area contributed by atoms with Gasteiger partial charge < -0.3 is 14.7 Å². The van der Waals surface area contributed by atoms with Crippen molar-refractivity contribution in [1.82, 2.24) is 19.8 Å². The lowest BCUT2D eigenvalue weighted by Gasteiger charge is -2.45. The van der Waals surface area contributed by atoms with Crippen molar-refractivity contribution in [1.29, 1.82) is 0 Å². The van der Waals surface area contributed by atoms with Crippen molar-refractivity contribution in [3.8, 4) is 0 Å². The lowest BCUT2D eigenvalue weighted by molar-refractivity contribution is -0.133. The molecular weight excluding hydrogens is 306 g/mol. The number of hydrogen-bond acceptors (Lipinski definition) is 5. The van der Waals surface area contributed by atoms with E-state index in [1.165, 1.54) is 11.3 Å². The van der Waals surface area contributed by atoms with Crippen molar-refractivity contribution < 1.29 is 9.59 Å². The largest absolute Gasteiger partial charge is 0.352 e. The van der Waals surface area contributed by atoms with E-state index >= 15 is 0 Å². The first-order chi connectivity index (χ1) is 11.5. The zero-order valence-corrected chi connectivity index (χ0v) is 14.2. The number of carbonyl (C=O) groups is 2. The van der Waals surface area contributed by atoms with Gasteiger partial charge in [0.1, 0.15) is 12.1 Å². The van der Waals surface area contributed by atoms with Crippen LogP contribution in [0.5, 0.6) is 0 Å². The first-order valence-corrected chi connectivity index (χ1v) is 8.63. The van der Waals surface area contributed by atoms with Gasteiger partial charge in [-0.15, -0.1) is 0 Å². The van der Waals surface area contributed by atoms with Crippen LogP contribution in [-0.4, -0.2) is 71.4 Å². The fraction of sp³-hybridized carbons (Fsp3) is 0.647. The number of nitrogens with zero attached hydrogens (tertiary/aromatic N) is 5. The molecule has 7 heteroatoms. The van der Waals surface area contributed by atoms with Gasteiger partial charge in [-0.1, -0.05) is 0 Å². The molecular formula is C17H23N5O2. The predicted molar refractivity (Wildman–Crippen MR) is 88.6 cm³/mol. The van der Waals surface area contributed by atoms with Gasteiger partial charge in [-0.3, -0.25) is 9.59 Å². The number of fused-ring (bicyclic) bond motifs is 1. The number of carbonyl (C=O) groups excluding carboxylic acids is 2. The van der Waals surface area contributed by atoms with Crippen molar-refractivity contribution in [3.05, 3.63) is 17.6 Å². The molecule has 2 fully saturated rings. The summed E-state index contributed by atoms with van der Waals surface area (Å²) < 4.78 is 0. The molecule has 1 aromatic rings. The van der Waals surface area contributed by atoms with E-state index in [-0.39, 0.29) is 23.8 Å². The minimum absolute atomic E-state index is 0.0515. The summed E-state index contributed by atoms with van der Waals surface area (Å²) >= 11 is 0. The van der Waals surface area contributed by atoms with E-state index in [0.29, 0.717) is 13.0 Å². The Morgan fingerprint density at radius 2 is 2.00 bits per heavy atom. The highest BCUT2D eigenvalue weighted by Crippen LogP contribution is 2.33. The van der Waals surface area contributed by atoms with Crippen LogP contribution in [0, 0.1) is 5.92 Å². The average molecular weight is 329 g/mol. The molecule has 24 heavy (non-hydrogen) atoms. The van der Waals surface area contributed by atoms with Gasteiger partial charge in [-0.25, -0.2) is 9.97 Å².